The molecule has 0 aliphatic heterocycles. The summed E-state index contributed by atoms with van der Waals surface area (Å²) in [6.07, 6.45) is -2.57. The Morgan fingerprint density at radius 1 is 0.950 bits per heavy atom. The zero-order valence-electron chi connectivity index (χ0n) is 10.3. The molecule has 2 aromatic rings. The molecule has 0 saturated carbocycles. The normalized spacial score (nSPS) is 10.9. The maximum Gasteiger partial charge on any atom is 0.263 e. The van der Waals surface area contributed by atoms with Crippen LogP contribution in [0.3, 0.4) is 0 Å². The van der Waals surface area contributed by atoms with Crippen LogP contribution in [0.5, 0.6) is 5.75 Å². The van der Waals surface area contributed by atoms with Crippen molar-refractivity contribution in [3.63, 3.8) is 0 Å². The maximum atomic E-state index is 12.7. The van der Waals surface area contributed by atoms with Gasteiger partial charge in [-0.05, 0) is 12.1 Å². The van der Waals surface area contributed by atoms with Gasteiger partial charge in [-0.3, -0.25) is 0 Å². The van der Waals surface area contributed by atoms with Crippen LogP contribution >= 0.6 is 34.8 Å². The molecule has 0 atom stereocenters. The molecule has 0 heterocycles. The molecule has 1 nitrogen and oxygen atoms in total. The molecule has 20 heavy (non-hydrogen) atoms. The molecule has 0 N–H and O–H groups in total. The molecule has 0 fully saturated rings. The van der Waals surface area contributed by atoms with Gasteiger partial charge in [-0.1, -0.05) is 53.0 Å². The number of hydrogen-bond acceptors (Lipinski definition) is 1. The molecule has 0 saturated heterocycles. The summed E-state index contributed by atoms with van der Waals surface area (Å²) < 4.78 is 30.5. The molecule has 0 spiro atoms. The summed E-state index contributed by atoms with van der Waals surface area (Å²) in [5, 5.41) is 0.789. The minimum atomic E-state index is -2.57. The molecule has 0 radical (unpaired) electrons. The minimum absolute atomic E-state index is 0.123. The predicted octanol–water partition coefficient (Wildman–Crippen LogP) is 6.26. The average Bonchev–Trinajstić information content (AvgIpc) is 2.44. The lowest BCUT2D eigenvalue weighted by molar-refractivity contribution is 0.151. The van der Waals surface area contributed by atoms with Gasteiger partial charge in [0.15, 0.2) is 0 Å². The fraction of sp³-hybridized carbons (Fsp3) is 0.143. The topological polar surface area (TPSA) is 9.23 Å². The fourth-order valence-electron chi connectivity index (χ4n) is 1.80. The van der Waals surface area contributed by atoms with Gasteiger partial charge in [-0.2, -0.15) is 0 Å². The van der Waals surface area contributed by atoms with Crippen molar-refractivity contribution in [2.24, 2.45) is 0 Å². The zero-order chi connectivity index (χ0) is 14.9. The number of rotatable bonds is 3. The minimum Gasteiger partial charge on any atom is -0.496 e. The third kappa shape index (κ3) is 2.85. The Labute approximate surface area is 130 Å². The first kappa shape index (κ1) is 15.4. The first-order valence-corrected chi connectivity index (χ1v) is 6.69. The second kappa shape index (κ2) is 6.17. The molecule has 6 heteroatoms. The van der Waals surface area contributed by atoms with E-state index in [4.69, 9.17) is 39.5 Å². The molecule has 0 bridgehead atoms. The smallest absolute Gasteiger partial charge is 0.263 e. The maximum absolute atomic E-state index is 12.7. The number of ether oxygens (including phenoxy) is 1. The van der Waals surface area contributed by atoms with Gasteiger partial charge in [-0.15, -0.1) is 0 Å². The van der Waals surface area contributed by atoms with Gasteiger partial charge in [0.1, 0.15) is 5.75 Å². The van der Waals surface area contributed by atoms with Gasteiger partial charge in [0.2, 0.25) is 0 Å². The Morgan fingerprint density at radius 2 is 1.60 bits per heavy atom. The Balaban J connectivity index is 2.61. The number of methoxy groups -OCH3 is 1. The van der Waals surface area contributed by atoms with E-state index in [0.29, 0.717) is 21.9 Å². The number of benzene rings is 2. The molecular formula is C14H9Cl3F2O. The second-order valence-corrected chi connectivity index (χ2v) is 5.15. The second-order valence-electron chi connectivity index (χ2n) is 3.98. The van der Waals surface area contributed by atoms with Gasteiger partial charge in [0, 0.05) is 16.7 Å². The summed E-state index contributed by atoms with van der Waals surface area (Å²) in [5.41, 5.74) is 1.01. The third-order valence-electron chi connectivity index (χ3n) is 2.80. The number of alkyl halides is 2. The zero-order valence-corrected chi connectivity index (χ0v) is 12.5. The first-order valence-electron chi connectivity index (χ1n) is 5.55. The Morgan fingerprint density at radius 3 is 2.20 bits per heavy atom. The number of hydrogen-bond donors (Lipinski definition) is 0. The summed E-state index contributed by atoms with van der Waals surface area (Å²) in [7, 11) is 1.40. The van der Waals surface area contributed by atoms with Gasteiger partial charge in [0.25, 0.3) is 6.43 Å². The molecule has 0 amide bonds. The first-order chi connectivity index (χ1) is 9.45. The highest BCUT2D eigenvalue weighted by atomic mass is 35.5. The van der Waals surface area contributed by atoms with Crippen molar-refractivity contribution >= 4 is 34.8 Å². The lowest BCUT2D eigenvalue weighted by Crippen LogP contribution is -1.92. The van der Waals surface area contributed by atoms with Crippen LogP contribution in [-0.4, -0.2) is 7.11 Å². The van der Waals surface area contributed by atoms with Crippen molar-refractivity contribution in [1.29, 1.82) is 0 Å². The van der Waals surface area contributed by atoms with Crippen LogP contribution in [0.1, 0.15) is 12.0 Å². The van der Waals surface area contributed by atoms with Crippen LogP contribution in [-0.2, 0) is 0 Å². The van der Waals surface area contributed by atoms with Crippen LogP contribution in [0.4, 0.5) is 8.78 Å². The Hall–Kier alpha value is -1.03. The molecular weight excluding hydrogens is 329 g/mol. The number of halogens is 5. The summed E-state index contributed by atoms with van der Waals surface area (Å²) >= 11 is 18.0. The van der Waals surface area contributed by atoms with E-state index in [1.165, 1.54) is 25.3 Å². The van der Waals surface area contributed by atoms with E-state index in [0.717, 1.165) is 0 Å². The monoisotopic (exact) mass is 336 g/mol. The molecule has 0 aliphatic rings. The van der Waals surface area contributed by atoms with Crippen molar-refractivity contribution < 1.29 is 13.5 Å². The summed E-state index contributed by atoms with van der Waals surface area (Å²) in [6.45, 7) is 0. The predicted molar refractivity (Wildman–Crippen MR) is 78.4 cm³/mol. The van der Waals surface area contributed by atoms with Crippen molar-refractivity contribution in [2.75, 3.05) is 7.11 Å². The molecule has 106 valence electrons. The van der Waals surface area contributed by atoms with Crippen molar-refractivity contribution in [3.05, 3.63) is 51.0 Å². The largest absolute Gasteiger partial charge is 0.496 e. The lowest BCUT2D eigenvalue weighted by Gasteiger charge is -2.13. The van der Waals surface area contributed by atoms with E-state index in [1.54, 1.807) is 12.1 Å². The van der Waals surface area contributed by atoms with Crippen LogP contribution in [0, 0.1) is 0 Å². The van der Waals surface area contributed by atoms with Crippen LogP contribution in [0.15, 0.2) is 30.3 Å². The van der Waals surface area contributed by atoms with E-state index in [-0.39, 0.29) is 15.6 Å². The van der Waals surface area contributed by atoms with E-state index in [2.05, 4.69) is 0 Å². The summed E-state index contributed by atoms with van der Waals surface area (Å²) in [5.74, 6) is 0.295. The van der Waals surface area contributed by atoms with E-state index < -0.39 is 6.43 Å². The summed E-state index contributed by atoms with van der Waals surface area (Å²) in [6, 6.07) is 7.37. The summed E-state index contributed by atoms with van der Waals surface area (Å²) in [4.78, 5) is 0. The van der Waals surface area contributed by atoms with Gasteiger partial charge >= 0.3 is 0 Å². The van der Waals surface area contributed by atoms with Gasteiger partial charge < -0.3 is 4.74 Å². The lowest BCUT2D eigenvalue weighted by atomic mass is 10.0. The molecule has 2 aromatic carbocycles. The fourth-order valence-corrected chi connectivity index (χ4v) is 2.44. The quantitative estimate of drug-likeness (QED) is 0.601. The van der Waals surface area contributed by atoms with Gasteiger partial charge in [0.05, 0.1) is 22.2 Å². The third-order valence-corrected chi connectivity index (χ3v) is 4.10. The van der Waals surface area contributed by atoms with Crippen molar-refractivity contribution in [3.8, 4) is 16.9 Å². The van der Waals surface area contributed by atoms with E-state index in [1.807, 2.05) is 0 Å². The highest BCUT2D eigenvalue weighted by Gasteiger charge is 2.16. The Kier molecular flexibility index (Phi) is 4.74. The van der Waals surface area contributed by atoms with E-state index >= 15 is 0 Å². The highest BCUT2D eigenvalue weighted by molar-refractivity contribution is 6.49. The average molecular weight is 338 g/mol. The molecule has 0 unspecified atom stereocenters. The van der Waals surface area contributed by atoms with Gasteiger partial charge in [-0.25, -0.2) is 8.78 Å². The van der Waals surface area contributed by atoms with E-state index in [9.17, 15) is 8.78 Å². The Bertz CT molecular complexity index is 645. The highest BCUT2D eigenvalue weighted by Crippen LogP contribution is 2.42. The van der Waals surface area contributed by atoms with Crippen LogP contribution < -0.4 is 4.74 Å². The standard InChI is InChI=1S/C14H9Cl3F2O/c1-20-11-6-7(14(18)19)2-3-8(11)9-4-5-10(15)13(17)12(9)16/h2-6,14H,1H3. The van der Waals surface area contributed by atoms with Crippen LogP contribution in [0.25, 0.3) is 11.1 Å². The molecule has 2 rings (SSSR count). The van der Waals surface area contributed by atoms with Crippen molar-refractivity contribution in [2.45, 2.75) is 6.43 Å². The molecule has 0 aromatic heterocycles. The molecule has 0 aliphatic carbocycles. The van der Waals surface area contributed by atoms with Crippen molar-refractivity contribution in [1.82, 2.24) is 0 Å². The van der Waals surface area contributed by atoms with Crippen LogP contribution in [0.2, 0.25) is 15.1 Å². The SMILES string of the molecule is COc1cc(C(F)F)ccc1-c1ccc(Cl)c(Cl)c1Cl.